The summed E-state index contributed by atoms with van der Waals surface area (Å²) in [4.78, 5) is 21.1. The second-order valence-corrected chi connectivity index (χ2v) is 16.5. The number of amides is 1. The Morgan fingerprint density at radius 2 is 1.86 bits per heavy atom. The molecule has 10 heteroatoms. The van der Waals surface area contributed by atoms with E-state index < -0.39 is 11.7 Å². The van der Waals surface area contributed by atoms with E-state index in [0.29, 0.717) is 30.4 Å². The van der Waals surface area contributed by atoms with Crippen molar-refractivity contribution < 1.29 is 19.4 Å². The van der Waals surface area contributed by atoms with E-state index in [9.17, 15) is 9.90 Å². The van der Waals surface area contributed by atoms with E-state index in [1.807, 2.05) is 38.3 Å². The maximum absolute atomic E-state index is 13.4. The van der Waals surface area contributed by atoms with Gasteiger partial charge in [-0.3, -0.25) is 14.4 Å². The van der Waals surface area contributed by atoms with Crippen molar-refractivity contribution in [2.45, 2.75) is 82.2 Å². The number of piperazine rings is 1. The number of ether oxygens (including phenoxy) is 2. The van der Waals surface area contributed by atoms with Crippen LogP contribution in [0.5, 0.6) is 5.75 Å². The van der Waals surface area contributed by atoms with Crippen molar-refractivity contribution in [1.29, 1.82) is 0 Å². The fraction of sp³-hybridized carbons (Fsp3) is 0.625. The molecule has 6 unspecified atom stereocenters. The van der Waals surface area contributed by atoms with E-state index in [1.54, 1.807) is 0 Å². The highest BCUT2D eigenvalue weighted by Gasteiger charge is 2.48. The second-order valence-electron chi connectivity index (χ2n) is 14.9. The number of halogens is 1. The van der Waals surface area contributed by atoms with Gasteiger partial charge in [-0.2, -0.15) is 0 Å². The first-order chi connectivity index (χ1) is 24.2. The number of methoxy groups -OCH3 is 1. The third-order valence-corrected chi connectivity index (χ3v) is 12.7. The maximum atomic E-state index is 13.4. The quantitative estimate of drug-likeness (QED) is 0.228. The number of aliphatic hydroxyl groups is 1. The molecule has 2 bridgehead atoms. The Balaban J connectivity index is 1.35. The molecular formula is C40H57ClN4O4S. The zero-order valence-corrected chi connectivity index (χ0v) is 32.0. The van der Waals surface area contributed by atoms with E-state index in [1.165, 1.54) is 29.5 Å². The van der Waals surface area contributed by atoms with Gasteiger partial charge in [-0.1, -0.05) is 50.1 Å². The lowest BCUT2D eigenvalue weighted by atomic mass is 9.63. The number of aliphatic hydroxyl groups excluding tert-OH is 1. The van der Waals surface area contributed by atoms with Gasteiger partial charge in [0.25, 0.3) is 5.91 Å². The molecule has 1 saturated carbocycles. The first-order valence-electron chi connectivity index (χ1n) is 18.8. The van der Waals surface area contributed by atoms with Crippen LogP contribution in [0.15, 0.2) is 48.6 Å². The number of hydrogen-bond acceptors (Lipinski definition) is 8. The normalized spacial score (nSPS) is 30.4. The highest BCUT2D eigenvalue weighted by molar-refractivity contribution is 7.98. The lowest BCUT2D eigenvalue weighted by Gasteiger charge is -2.52. The number of fused-ring (bicyclic) bond motifs is 2. The molecular weight excluding hydrogens is 668 g/mol. The smallest absolute Gasteiger partial charge is 0.261 e. The van der Waals surface area contributed by atoms with E-state index in [2.05, 4.69) is 57.6 Å². The molecule has 6 atom stereocenters. The standard InChI is InChI=1S/C40H57ClN4O4S/c1-5-8-29-22-33(41)12-13-34(29)32-25-45-24-31-10-14-35(31)40(48-4,27-44-20-18-43(17-6-2)19-21-44)16-7-9-37(46)28(3)50-42-39(47)30-11-15-38(49-26-32)36(45)23-30/h7,11-13,15-16,22-23,28,31-32,35,37,46H,5-6,8-10,14,17-21,24-27H2,1-4H3,(H,42,47)/b16-7+. The molecule has 3 heterocycles. The monoisotopic (exact) mass is 724 g/mol. The molecule has 6 rings (SSSR count). The minimum atomic E-state index is -0.605. The zero-order valence-electron chi connectivity index (χ0n) is 30.4. The van der Waals surface area contributed by atoms with Crippen molar-refractivity contribution in [3.05, 3.63) is 70.3 Å². The third-order valence-electron chi connectivity index (χ3n) is 11.5. The largest absolute Gasteiger partial charge is 0.491 e. The van der Waals surface area contributed by atoms with Crippen LogP contribution >= 0.6 is 23.5 Å². The minimum absolute atomic E-state index is 0.145. The highest BCUT2D eigenvalue weighted by atomic mass is 35.5. The molecule has 3 aliphatic heterocycles. The summed E-state index contributed by atoms with van der Waals surface area (Å²) in [5, 5.41) is 11.7. The molecule has 1 aliphatic carbocycles. The van der Waals surface area contributed by atoms with E-state index in [-0.39, 0.29) is 17.1 Å². The van der Waals surface area contributed by atoms with Gasteiger partial charge in [0.1, 0.15) is 11.4 Å². The SMILES string of the molecule is CCCc1cc(Cl)ccc1C1COc2ccc3cc2N(C1)CC1CCC1C(CN1CCN(CCC)CC1)(OC)/C=C/CC(O)C(C)SNC3=O. The van der Waals surface area contributed by atoms with Crippen LogP contribution in [-0.2, 0) is 11.2 Å². The van der Waals surface area contributed by atoms with E-state index in [4.69, 9.17) is 21.1 Å². The van der Waals surface area contributed by atoms with Gasteiger partial charge in [-0.25, -0.2) is 0 Å². The number of benzene rings is 2. The summed E-state index contributed by atoms with van der Waals surface area (Å²) in [6, 6.07) is 12.1. The zero-order chi connectivity index (χ0) is 35.3. The van der Waals surface area contributed by atoms with Crippen LogP contribution < -0.4 is 14.4 Å². The van der Waals surface area contributed by atoms with Crippen molar-refractivity contribution in [3.63, 3.8) is 0 Å². The molecule has 0 radical (unpaired) electrons. The van der Waals surface area contributed by atoms with Gasteiger partial charge in [0.05, 0.1) is 18.4 Å². The maximum Gasteiger partial charge on any atom is 0.261 e. The topological polar surface area (TPSA) is 77.5 Å². The number of carbonyl (C=O) groups excluding carboxylic acids is 1. The van der Waals surface area contributed by atoms with Crippen LogP contribution in [-0.4, -0.2) is 104 Å². The summed E-state index contributed by atoms with van der Waals surface area (Å²) in [6.07, 6.45) is 9.71. The fourth-order valence-electron chi connectivity index (χ4n) is 8.47. The summed E-state index contributed by atoms with van der Waals surface area (Å²) < 4.78 is 16.2. The van der Waals surface area contributed by atoms with Gasteiger partial charge in [0.15, 0.2) is 0 Å². The molecule has 50 heavy (non-hydrogen) atoms. The molecule has 0 spiro atoms. The molecule has 2 fully saturated rings. The average molecular weight is 725 g/mol. The van der Waals surface area contributed by atoms with Gasteiger partial charge in [0, 0.05) is 74.7 Å². The van der Waals surface area contributed by atoms with E-state index in [0.717, 1.165) is 94.5 Å². The Labute approximate surface area is 309 Å². The predicted octanol–water partition coefficient (Wildman–Crippen LogP) is 6.80. The molecule has 2 N–H and O–H groups in total. The second kappa shape index (κ2) is 17.0. The summed E-state index contributed by atoms with van der Waals surface area (Å²) in [5.74, 6) is 1.50. The van der Waals surface area contributed by atoms with Crippen molar-refractivity contribution in [2.24, 2.45) is 11.8 Å². The molecule has 2 aromatic carbocycles. The fourth-order valence-corrected chi connectivity index (χ4v) is 9.34. The van der Waals surface area contributed by atoms with Gasteiger partial charge in [-0.05, 0) is 111 Å². The molecule has 4 aliphatic rings. The number of nitrogens with zero attached hydrogens (tertiary/aromatic N) is 3. The van der Waals surface area contributed by atoms with Crippen molar-refractivity contribution >= 4 is 35.1 Å². The number of carbonyl (C=O) groups is 1. The summed E-state index contributed by atoms with van der Waals surface area (Å²) >= 11 is 7.78. The Hall–Kier alpha value is -2.27. The van der Waals surface area contributed by atoms with Crippen LogP contribution in [0, 0.1) is 11.8 Å². The lowest BCUT2D eigenvalue weighted by Crippen LogP contribution is -2.58. The van der Waals surface area contributed by atoms with Crippen LogP contribution in [0.4, 0.5) is 5.69 Å². The van der Waals surface area contributed by atoms with Gasteiger partial charge >= 0.3 is 0 Å². The van der Waals surface area contributed by atoms with Gasteiger partial charge in [0.2, 0.25) is 0 Å². The van der Waals surface area contributed by atoms with Gasteiger partial charge in [-0.15, -0.1) is 0 Å². The first kappa shape index (κ1) is 37.5. The van der Waals surface area contributed by atoms with Crippen molar-refractivity contribution in [1.82, 2.24) is 14.5 Å². The van der Waals surface area contributed by atoms with Crippen LogP contribution in [0.1, 0.15) is 80.3 Å². The molecule has 0 aromatic heterocycles. The van der Waals surface area contributed by atoms with Gasteiger partial charge < -0.3 is 24.4 Å². The summed E-state index contributed by atoms with van der Waals surface area (Å²) in [6.45, 7) is 14.9. The van der Waals surface area contributed by atoms with Crippen molar-refractivity contribution in [2.75, 3.05) is 71.0 Å². The molecule has 2 aromatic rings. The lowest BCUT2D eigenvalue weighted by molar-refractivity contribution is -0.0954. The number of aryl methyl sites for hydroxylation is 1. The Morgan fingerprint density at radius 1 is 1.06 bits per heavy atom. The van der Waals surface area contributed by atoms with Crippen LogP contribution in [0.3, 0.4) is 0 Å². The average Bonchev–Trinajstić information content (AvgIpc) is 3.28. The molecule has 8 nitrogen and oxygen atoms in total. The Morgan fingerprint density at radius 3 is 2.58 bits per heavy atom. The Kier molecular flexibility index (Phi) is 12.8. The number of rotatable bonds is 8. The minimum Gasteiger partial charge on any atom is -0.491 e. The van der Waals surface area contributed by atoms with Crippen molar-refractivity contribution in [3.8, 4) is 5.75 Å². The summed E-state index contributed by atoms with van der Waals surface area (Å²) in [5.41, 5.74) is 3.67. The molecule has 1 amide bonds. The number of nitrogens with one attached hydrogen (secondary N) is 1. The number of anilines is 1. The predicted molar refractivity (Wildman–Crippen MR) is 206 cm³/mol. The Bertz CT molecular complexity index is 1490. The first-order valence-corrected chi connectivity index (χ1v) is 20.1. The number of hydrogen-bond donors (Lipinski definition) is 2. The van der Waals surface area contributed by atoms with Crippen LogP contribution in [0.25, 0.3) is 0 Å². The summed E-state index contributed by atoms with van der Waals surface area (Å²) in [7, 11) is 1.88. The third kappa shape index (κ3) is 8.50. The van der Waals surface area contributed by atoms with Crippen LogP contribution in [0.2, 0.25) is 5.02 Å². The molecule has 1 saturated heterocycles. The molecule has 274 valence electrons. The highest BCUT2D eigenvalue weighted by Crippen LogP contribution is 2.47. The van der Waals surface area contributed by atoms with E-state index >= 15 is 0 Å².